The van der Waals surface area contributed by atoms with Crippen molar-refractivity contribution in [3.8, 4) is 0 Å². The van der Waals surface area contributed by atoms with Crippen LogP contribution in [0.15, 0.2) is 18.2 Å². The summed E-state index contributed by atoms with van der Waals surface area (Å²) in [5, 5.41) is 6.60. The Kier molecular flexibility index (Phi) is 6.92. The maximum Gasteiger partial charge on any atom is 0.251 e. The zero-order chi connectivity index (χ0) is 22.7. The van der Waals surface area contributed by atoms with E-state index in [1.54, 1.807) is 19.1 Å². The minimum atomic E-state index is -0.284. The second kappa shape index (κ2) is 9.84. The average molecular weight is 440 g/mol. The molecule has 1 aromatic heterocycles. The van der Waals surface area contributed by atoms with Crippen molar-refractivity contribution in [3.05, 3.63) is 46.4 Å². The summed E-state index contributed by atoms with van der Waals surface area (Å²) in [7, 11) is 4.10. The lowest BCUT2D eigenvalue weighted by Crippen LogP contribution is -2.34. The van der Waals surface area contributed by atoms with Crippen molar-refractivity contribution in [2.45, 2.75) is 64.3 Å². The minimum Gasteiger partial charge on any atom is -0.362 e. The van der Waals surface area contributed by atoms with E-state index in [9.17, 15) is 9.18 Å². The molecule has 0 atom stereocenters. The summed E-state index contributed by atoms with van der Waals surface area (Å²) in [6, 6.07) is 4.86. The largest absolute Gasteiger partial charge is 0.362 e. The van der Waals surface area contributed by atoms with Crippen LogP contribution in [0.4, 0.5) is 16.2 Å². The summed E-state index contributed by atoms with van der Waals surface area (Å²) < 4.78 is 13.4. The second-order valence-corrected chi connectivity index (χ2v) is 9.43. The number of carbonyl (C=O) groups is 1. The maximum absolute atomic E-state index is 13.4. The van der Waals surface area contributed by atoms with E-state index in [1.165, 1.54) is 30.2 Å². The van der Waals surface area contributed by atoms with Gasteiger partial charge in [-0.25, -0.2) is 9.37 Å². The molecule has 1 heterocycles. The number of benzene rings is 1. The highest BCUT2D eigenvalue weighted by atomic mass is 19.1. The molecule has 4 rings (SSSR count). The molecule has 2 N–H and O–H groups in total. The molecule has 0 spiro atoms. The van der Waals surface area contributed by atoms with Gasteiger partial charge in [-0.2, -0.15) is 4.98 Å². The Morgan fingerprint density at radius 1 is 1.12 bits per heavy atom. The minimum absolute atomic E-state index is 0.132. The zero-order valence-electron chi connectivity index (χ0n) is 19.4. The van der Waals surface area contributed by atoms with Crippen molar-refractivity contribution in [2.75, 3.05) is 30.9 Å². The predicted molar refractivity (Wildman–Crippen MR) is 126 cm³/mol. The molecule has 2 aromatic rings. The van der Waals surface area contributed by atoms with Crippen LogP contribution in [-0.4, -0.2) is 42.6 Å². The van der Waals surface area contributed by atoms with E-state index in [4.69, 9.17) is 9.97 Å². The summed E-state index contributed by atoms with van der Waals surface area (Å²) in [6.07, 6.45) is 8.68. The first-order valence-electron chi connectivity index (χ1n) is 11.8. The molecule has 0 unspecified atom stereocenters. The van der Waals surface area contributed by atoms with Gasteiger partial charge >= 0.3 is 0 Å². The SMILES string of the molecule is Cc1cc(C(=O)NC[C@H]2CC[C@@H](Nc3nc4c(c(N(C)C)n3)CCCC4)CC2)ccc1F. The Labute approximate surface area is 190 Å². The molecule has 172 valence electrons. The number of anilines is 2. The zero-order valence-corrected chi connectivity index (χ0v) is 19.4. The molecule has 1 saturated carbocycles. The van der Waals surface area contributed by atoms with Gasteiger partial charge in [0.2, 0.25) is 5.95 Å². The van der Waals surface area contributed by atoms with E-state index >= 15 is 0 Å². The van der Waals surface area contributed by atoms with Crippen LogP contribution in [0.1, 0.15) is 65.7 Å². The van der Waals surface area contributed by atoms with Crippen LogP contribution >= 0.6 is 0 Å². The fraction of sp³-hybridized carbons (Fsp3) is 0.560. The molecule has 2 aliphatic rings. The van der Waals surface area contributed by atoms with Crippen LogP contribution in [0.5, 0.6) is 0 Å². The van der Waals surface area contributed by atoms with E-state index in [0.717, 1.165) is 50.3 Å². The normalized spacial score (nSPS) is 20.4. The van der Waals surface area contributed by atoms with Gasteiger partial charge in [0.05, 0.1) is 5.69 Å². The Bertz CT molecular complexity index is 969. The van der Waals surface area contributed by atoms with Crippen molar-refractivity contribution < 1.29 is 9.18 Å². The van der Waals surface area contributed by atoms with Crippen molar-refractivity contribution in [3.63, 3.8) is 0 Å². The van der Waals surface area contributed by atoms with Crippen molar-refractivity contribution in [1.82, 2.24) is 15.3 Å². The maximum atomic E-state index is 13.4. The molecular formula is C25H34FN5O. The number of hydrogen-bond acceptors (Lipinski definition) is 5. The van der Waals surface area contributed by atoms with Gasteiger partial charge in [-0.3, -0.25) is 4.79 Å². The van der Waals surface area contributed by atoms with Crippen LogP contribution in [0.2, 0.25) is 0 Å². The number of carbonyl (C=O) groups excluding carboxylic acids is 1. The fourth-order valence-electron chi connectivity index (χ4n) is 4.83. The van der Waals surface area contributed by atoms with E-state index in [-0.39, 0.29) is 11.7 Å². The molecule has 2 aliphatic carbocycles. The number of halogens is 1. The monoisotopic (exact) mass is 439 g/mol. The molecule has 6 nitrogen and oxygen atoms in total. The summed E-state index contributed by atoms with van der Waals surface area (Å²) in [6.45, 7) is 2.33. The van der Waals surface area contributed by atoms with Crippen LogP contribution in [0, 0.1) is 18.7 Å². The third-order valence-electron chi connectivity index (χ3n) is 6.74. The van der Waals surface area contributed by atoms with E-state index in [0.29, 0.717) is 29.6 Å². The molecular weight excluding hydrogens is 405 g/mol. The highest BCUT2D eigenvalue weighted by Gasteiger charge is 2.24. The summed E-state index contributed by atoms with van der Waals surface area (Å²) in [4.78, 5) is 24.2. The quantitative estimate of drug-likeness (QED) is 0.703. The van der Waals surface area contributed by atoms with Gasteiger partial charge in [-0.1, -0.05) is 0 Å². The summed E-state index contributed by atoms with van der Waals surface area (Å²) >= 11 is 0. The number of nitrogens with one attached hydrogen (secondary N) is 2. The van der Waals surface area contributed by atoms with Crippen LogP contribution in [0.25, 0.3) is 0 Å². The Balaban J connectivity index is 1.29. The lowest BCUT2D eigenvalue weighted by atomic mass is 9.86. The molecule has 0 saturated heterocycles. The first-order chi connectivity index (χ1) is 15.4. The van der Waals surface area contributed by atoms with Crippen molar-refractivity contribution in [2.24, 2.45) is 5.92 Å². The first-order valence-corrected chi connectivity index (χ1v) is 11.8. The van der Waals surface area contributed by atoms with Crippen LogP contribution in [0.3, 0.4) is 0 Å². The van der Waals surface area contributed by atoms with E-state index in [1.807, 2.05) is 14.1 Å². The molecule has 1 amide bonds. The molecule has 0 radical (unpaired) electrons. The number of fused-ring (bicyclic) bond motifs is 1. The smallest absolute Gasteiger partial charge is 0.251 e. The van der Waals surface area contributed by atoms with Crippen molar-refractivity contribution >= 4 is 17.7 Å². The molecule has 7 heteroatoms. The van der Waals surface area contributed by atoms with E-state index in [2.05, 4.69) is 15.5 Å². The van der Waals surface area contributed by atoms with E-state index < -0.39 is 0 Å². The molecule has 1 fully saturated rings. The number of aryl methyl sites for hydroxylation is 2. The van der Waals surface area contributed by atoms with Gasteiger partial charge in [0.25, 0.3) is 5.91 Å². The van der Waals surface area contributed by atoms with Gasteiger partial charge in [-0.05, 0) is 88.0 Å². The fourth-order valence-corrected chi connectivity index (χ4v) is 4.83. The Morgan fingerprint density at radius 3 is 2.59 bits per heavy atom. The van der Waals surface area contributed by atoms with Gasteiger partial charge in [0, 0.05) is 37.8 Å². The van der Waals surface area contributed by atoms with Gasteiger partial charge < -0.3 is 15.5 Å². The number of amides is 1. The van der Waals surface area contributed by atoms with Gasteiger partial charge in [-0.15, -0.1) is 0 Å². The predicted octanol–water partition coefficient (Wildman–Crippen LogP) is 4.27. The van der Waals surface area contributed by atoms with Gasteiger partial charge in [0.15, 0.2) is 0 Å². The average Bonchev–Trinajstić information content (AvgIpc) is 2.79. The number of rotatable bonds is 6. The summed E-state index contributed by atoms with van der Waals surface area (Å²) in [5.74, 6) is 1.84. The molecule has 0 bridgehead atoms. The highest BCUT2D eigenvalue weighted by Crippen LogP contribution is 2.30. The van der Waals surface area contributed by atoms with Gasteiger partial charge in [0.1, 0.15) is 11.6 Å². The molecule has 1 aromatic carbocycles. The van der Waals surface area contributed by atoms with Crippen LogP contribution < -0.4 is 15.5 Å². The molecule has 32 heavy (non-hydrogen) atoms. The van der Waals surface area contributed by atoms with Crippen molar-refractivity contribution in [1.29, 1.82) is 0 Å². The van der Waals surface area contributed by atoms with Crippen LogP contribution in [-0.2, 0) is 12.8 Å². The number of aromatic nitrogens is 2. The third kappa shape index (κ3) is 5.19. The third-order valence-corrected chi connectivity index (χ3v) is 6.74. The highest BCUT2D eigenvalue weighted by molar-refractivity contribution is 5.94. The first kappa shape index (κ1) is 22.5. The Hall–Kier alpha value is -2.70. The Morgan fingerprint density at radius 2 is 1.88 bits per heavy atom. The second-order valence-electron chi connectivity index (χ2n) is 9.43. The standard InChI is InChI=1S/C25H34FN5O/c1-16-14-18(10-13-21(16)26)24(32)27-15-17-8-11-19(12-9-17)28-25-29-22-7-5-4-6-20(22)23(30-25)31(2)3/h10,13-14,17,19H,4-9,11-12,15H2,1-3H3,(H,27,32)(H,28,29,30)/t17-,19+. The summed E-state index contributed by atoms with van der Waals surface area (Å²) in [5.41, 5.74) is 3.51. The topological polar surface area (TPSA) is 70.2 Å². The number of nitrogens with zero attached hydrogens (tertiary/aromatic N) is 3. The number of hydrogen-bond donors (Lipinski definition) is 2. The lowest BCUT2D eigenvalue weighted by molar-refractivity contribution is 0.0943. The molecule has 0 aliphatic heterocycles. The lowest BCUT2D eigenvalue weighted by Gasteiger charge is -2.30.